The predicted octanol–water partition coefficient (Wildman–Crippen LogP) is 2.71. The summed E-state index contributed by atoms with van der Waals surface area (Å²) >= 11 is 5.79. The van der Waals surface area contributed by atoms with Crippen LogP contribution in [0.2, 0.25) is 5.02 Å². The van der Waals surface area contributed by atoms with Gasteiger partial charge in [0.05, 0.1) is 17.7 Å². The average molecular weight is 286 g/mol. The Balaban J connectivity index is 2.30. The molecule has 1 aromatic rings. The highest BCUT2D eigenvalue weighted by Crippen LogP contribution is 2.39. The lowest BCUT2D eigenvalue weighted by atomic mass is 9.79. The van der Waals surface area contributed by atoms with Crippen molar-refractivity contribution >= 4 is 17.5 Å². The SMILES string of the molecule is CC1(C)CN(C(=O)c2cc(Cl)ccc2F)C[C@@]1(C)O. The number of carbonyl (C=O) groups is 1. The topological polar surface area (TPSA) is 40.5 Å². The van der Waals surface area contributed by atoms with Gasteiger partial charge in [-0.2, -0.15) is 0 Å². The molecule has 104 valence electrons. The van der Waals surface area contributed by atoms with Gasteiger partial charge in [-0.15, -0.1) is 0 Å². The molecule has 3 nitrogen and oxygen atoms in total. The van der Waals surface area contributed by atoms with Crippen molar-refractivity contribution < 1.29 is 14.3 Å². The summed E-state index contributed by atoms with van der Waals surface area (Å²) in [6.07, 6.45) is 0. The second-order valence-electron chi connectivity index (χ2n) is 5.94. The molecule has 2 rings (SSSR count). The predicted molar refractivity (Wildman–Crippen MR) is 71.7 cm³/mol. The van der Waals surface area contributed by atoms with E-state index in [1.54, 1.807) is 6.92 Å². The van der Waals surface area contributed by atoms with Gasteiger partial charge in [0.2, 0.25) is 0 Å². The minimum absolute atomic E-state index is 0.0546. The first-order chi connectivity index (χ1) is 8.64. The largest absolute Gasteiger partial charge is 0.388 e. The second-order valence-corrected chi connectivity index (χ2v) is 6.38. The molecule has 0 spiro atoms. The van der Waals surface area contributed by atoms with E-state index in [1.165, 1.54) is 23.1 Å². The molecule has 0 saturated carbocycles. The molecule has 0 radical (unpaired) electrons. The van der Waals surface area contributed by atoms with Crippen molar-refractivity contribution in [2.24, 2.45) is 5.41 Å². The first-order valence-electron chi connectivity index (χ1n) is 6.11. The standard InChI is InChI=1S/C14H17ClFNO2/c1-13(2)7-17(8-14(13,3)19)12(18)10-6-9(15)4-5-11(10)16/h4-6,19H,7-8H2,1-3H3/t14-/m1/s1. The second kappa shape index (κ2) is 4.46. The van der Waals surface area contributed by atoms with Gasteiger partial charge in [-0.3, -0.25) is 4.79 Å². The summed E-state index contributed by atoms with van der Waals surface area (Å²) in [5.74, 6) is -1.04. The van der Waals surface area contributed by atoms with Crippen LogP contribution in [-0.4, -0.2) is 34.6 Å². The first kappa shape index (κ1) is 14.3. The highest BCUT2D eigenvalue weighted by atomic mass is 35.5. The molecule has 19 heavy (non-hydrogen) atoms. The van der Waals surface area contributed by atoms with Gasteiger partial charge < -0.3 is 10.0 Å². The van der Waals surface area contributed by atoms with Crippen LogP contribution in [0.5, 0.6) is 0 Å². The number of rotatable bonds is 1. The van der Waals surface area contributed by atoms with Crippen LogP contribution in [0.3, 0.4) is 0 Å². The van der Waals surface area contributed by atoms with Crippen molar-refractivity contribution in [1.29, 1.82) is 0 Å². The molecule has 1 atom stereocenters. The normalized spacial score (nSPS) is 25.7. The summed E-state index contributed by atoms with van der Waals surface area (Å²) in [7, 11) is 0. The molecule has 5 heteroatoms. The van der Waals surface area contributed by atoms with Crippen molar-refractivity contribution in [2.45, 2.75) is 26.4 Å². The van der Waals surface area contributed by atoms with E-state index in [0.717, 1.165) is 0 Å². The maximum absolute atomic E-state index is 13.7. The quantitative estimate of drug-likeness (QED) is 0.862. The van der Waals surface area contributed by atoms with Crippen LogP contribution in [0.1, 0.15) is 31.1 Å². The number of amides is 1. The monoisotopic (exact) mass is 285 g/mol. The Labute approximate surface area is 117 Å². The molecule has 0 aromatic heterocycles. The van der Waals surface area contributed by atoms with Gasteiger partial charge in [0.15, 0.2) is 0 Å². The zero-order chi connectivity index (χ0) is 14.4. The number of halogens is 2. The fourth-order valence-corrected chi connectivity index (χ4v) is 2.44. The van der Waals surface area contributed by atoms with Crippen LogP contribution in [-0.2, 0) is 0 Å². The molecular formula is C14H17ClFNO2. The molecule has 1 aliphatic rings. The van der Waals surface area contributed by atoms with E-state index >= 15 is 0 Å². The van der Waals surface area contributed by atoms with Gasteiger partial charge in [0.25, 0.3) is 5.91 Å². The van der Waals surface area contributed by atoms with Crippen LogP contribution in [0.15, 0.2) is 18.2 Å². The molecule has 1 aliphatic heterocycles. The lowest BCUT2D eigenvalue weighted by molar-refractivity contribution is -0.0108. The van der Waals surface area contributed by atoms with E-state index in [2.05, 4.69) is 0 Å². The number of hydrogen-bond acceptors (Lipinski definition) is 2. The highest BCUT2D eigenvalue weighted by molar-refractivity contribution is 6.31. The Morgan fingerprint density at radius 3 is 2.53 bits per heavy atom. The number of likely N-dealkylation sites (tertiary alicyclic amines) is 1. The molecule has 1 aromatic carbocycles. The summed E-state index contributed by atoms with van der Waals surface area (Å²) in [6, 6.07) is 3.89. The fraction of sp³-hybridized carbons (Fsp3) is 0.500. The van der Waals surface area contributed by atoms with Crippen LogP contribution in [0.25, 0.3) is 0 Å². The Bertz CT molecular complexity index is 512. The zero-order valence-electron chi connectivity index (χ0n) is 11.2. The summed E-state index contributed by atoms with van der Waals surface area (Å²) < 4.78 is 13.7. The van der Waals surface area contributed by atoms with Crippen molar-refractivity contribution in [2.75, 3.05) is 13.1 Å². The molecule has 1 fully saturated rings. The van der Waals surface area contributed by atoms with Crippen LogP contribution in [0.4, 0.5) is 4.39 Å². The maximum atomic E-state index is 13.7. The van der Waals surface area contributed by atoms with Crippen molar-refractivity contribution in [1.82, 2.24) is 4.90 Å². The average Bonchev–Trinajstić information content (AvgIpc) is 2.51. The van der Waals surface area contributed by atoms with Gasteiger partial charge >= 0.3 is 0 Å². The van der Waals surface area contributed by atoms with E-state index in [0.29, 0.717) is 11.6 Å². The Kier molecular flexibility index (Phi) is 3.35. The number of β-amino-alcohol motifs (C(OH)–C–C–N with tert-alkyl or cyclic N) is 1. The number of aliphatic hydroxyl groups is 1. The van der Waals surface area contributed by atoms with Gasteiger partial charge in [-0.25, -0.2) is 4.39 Å². The highest BCUT2D eigenvalue weighted by Gasteiger charge is 2.49. The minimum atomic E-state index is -0.988. The first-order valence-corrected chi connectivity index (χ1v) is 6.48. The van der Waals surface area contributed by atoms with Gasteiger partial charge in [0.1, 0.15) is 5.82 Å². The van der Waals surface area contributed by atoms with Gasteiger partial charge in [-0.1, -0.05) is 25.4 Å². The number of carbonyl (C=O) groups excluding carboxylic acids is 1. The van der Waals surface area contributed by atoms with Crippen LogP contribution in [0, 0.1) is 11.2 Å². The molecule has 0 bridgehead atoms. The van der Waals surface area contributed by atoms with Crippen molar-refractivity contribution in [3.05, 3.63) is 34.6 Å². The van der Waals surface area contributed by atoms with Crippen LogP contribution >= 0.6 is 11.6 Å². The molecule has 1 heterocycles. The summed E-state index contributed by atoms with van der Waals surface area (Å²) in [5, 5.41) is 10.6. The third-order valence-corrected chi connectivity index (χ3v) is 4.22. The number of nitrogens with zero attached hydrogens (tertiary/aromatic N) is 1. The molecule has 1 amide bonds. The third-order valence-electron chi connectivity index (χ3n) is 3.99. The van der Waals surface area contributed by atoms with Crippen molar-refractivity contribution in [3.8, 4) is 0 Å². The van der Waals surface area contributed by atoms with Gasteiger partial charge in [-0.05, 0) is 25.1 Å². The number of benzene rings is 1. The summed E-state index contributed by atoms with van der Waals surface area (Å²) in [6.45, 7) is 6.02. The lowest BCUT2D eigenvalue weighted by Gasteiger charge is -2.30. The Hall–Kier alpha value is -1.13. The zero-order valence-corrected chi connectivity index (χ0v) is 12.0. The van der Waals surface area contributed by atoms with Crippen LogP contribution < -0.4 is 0 Å². The maximum Gasteiger partial charge on any atom is 0.257 e. The molecule has 1 N–H and O–H groups in total. The fourth-order valence-electron chi connectivity index (χ4n) is 2.26. The number of hydrogen-bond donors (Lipinski definition) is 1. The summed E-state index contributed by atoms with van der Waals surface area (Å²) in [5.41, 5.74) is -1.48. The third kappa shape index (κ3) is 2.47. The van der Waals surface area contributed by atoms with E-state index < -0.39 is 22.7 Å². The van der Waals surface area contributed by atoms with Gasteiger partial charge in [0, 0.05) is 17.0 Å². The molecule has 1 saturated heterocycles. The van der Waals surface area contributed by atoms with E-state index in [1.807, 2.05) is 13.8 Å². The Morgan fingerprint density at radius 2 is 2.00 bits per heavy atom. The minimum Gasteiger partial charge on any atom is -0.388 e. The summed E-state index contributed by atoms with van der Waals surface area (Å²) in [4.78, 5) is 13.8. The molecule has 0 aliphatic carbocycles. The lowest BCUT2D eigenvalue weighted by Crippen LogP contribution is -2.40. The Morgan fingerprint density at radius 1 is 1.37 bits per heavy atom. The molecule has 0 unspecified atom stereocenters. The van der Waals surface area contributed by atoms with Crippen molar-refractivity contribution in [3.63, 3.8) is 0 Å². The van der Waals surface area contributed by atoms with E-state index in [9.17, 15) is 14.3 Å². The van der Waals surface area contributed by atoms with E-state index in [4.69, 9.17) is 11.6 Å². The smallest absolute Gasteiger partial charge is 0.257 e. The van der Waals surface area contributed by atoms with E-state index in [-0.39, 0.29) is 12.1 Å². The molecular weight excluding hydrogens is 269 g/mol.